The van der Waals surface area contributed by atoms with Gasteiger partial charge in [-0.2, -0.15) is 0 Å². The number of benzene rings is 2. The van der Waals surface area contributed by atoms with Crippen LogP contribution in [0.2, 0.25) is 0 Å². The first-order valence-electron chi connectivity index (χ1n) is 11.2. The molecule has 4 rings (SSSR count). The standard InChI is InChI=1S/2C15H14O2/c2*16-14(15-12-17-15)11-7-2-1-4-8-13-9-5-3-6-10-13/h2*1-11,15H,12H2. The summed E-state index contributed by atoms with van der Waals surface area (Å²) in [5, 5.41) is 0. The van der Waals surface area contributed by atoms with Crippen LogP contribution in [0.25, 0.3) is 12.2 Å². The highest BCUT2D eigenvalue weighted by molar-refractivity contribution is 5.95. The Morgan fingerprint density at radius 3 is 1.26 bits per heavy atom. The maximum absolute atomic E-state index is 11.2. The third kappa shape index (κ3) is 10.6. The molecule has 4 nitrogen and oxygen atoms in total. The van der Waals surface area contributed by atoms with E-state index in [1.807, 2.05) is 109 Å². The number of allylic oxidation sites excluding steroid dienone is 8. The van der Waals surface area contributed by atoms with Crippen molar-refractivity contribution in [1.29, 1.82) is 0 Å². The Morgan fingerprint density at radius 2 is 0.912 bits per heavy atom. The highest BCUT2D eigenvalue weighted by atomic mass is 16.6. The molecule has 0 amide bonds. The van der Waals surface area contributed by atoms with Gasteiger partial charge in [-0.25, -0.2) is 0 Å². The van der Waals surface area contributed by atoms with Crippen LogP contribution in [0.5, 0.6) is 0 Å². The van der Waals surface area contributed by atoms with Crippen molar-refractivity contribution in [2.75, 3.05) is 13.2 Å². The van der Waals surface area contributed by atoms with E-state index in [0.717, 1.165) is 11.1 Å². The molecule has 0 N–H and O–H groups in total. The van der Waals surface area contributed by atoms with Gasteiger partial charge in [0, 0.05) is 0 Å². The maximum Gasteiger partial charge on any atom is 0.186 e. The molecule has 4 heteroatoms. The van der Waals surface area contributed by atoms with Gasteiger partial charge >= 0.3 is 0 Å². The zero-order valence-electron chi connectivity index (χ0n) is 18.9. The van der Waals surface area contributed by atoms with Gasteiger partial charge in [0.25, 0.3) is 0 Å². The third-order valence-corrected chi connectivity index (χ3v) is 4.67. The molecule has 0 aliphatic carbocycles. The van der Waals surface area contributed by atoms with Crippen LogP contribution in [0.3, 0.4) is 0 Å². The summed E-state index contributed by atoms with van der Waals surface area (Å²) in [4.78, 5) is 22.4. The van der Waals surface area contributed by atoms with Gasteiger partial charge in [0.2, 0.25) is 0 Å². The fourth-order valence-electron chi connectivity index (χ4n) is 2.66. The summed E-state index contributed by atoms with van der Waals surface area (Å²) in [5.74, 6) is 0.0865. The molecule has 2 aromatic rings. The number of carbonyl (C=O) groups excluding carboxylic acids is 2. The Bertz CT molecular complexity index is 992. The lowest BCUT2D eigenvalue weighted by Gasteiger charge is -1.88. The molecule has 2 fully saturated rings. The molecule has 0 saturated carbocycles. The molecule has 2 atom stereocenters. The maximum atomic E-state index is 11.2. The smallest absolute Gasteiger partial charge is 0.186 e. The summed E-state index contributed by atoms with van der Waals surface area (Å²) in [6.07, 6.45) is 21.6. The van der Waals surface area contributed by atoms with E-state index in [1.54, 1.807) is 24.3 Å². The van der Waals surface area contributed by atoms with Crippen LogP contribution in [-0.4, -0.2) is 37.0 Å². The van der Waals surface area contributed by atoms with Gasteiger partial charge in [-0.1, -0.05) is 121 Å². The molecule has 2 heterocycles. The molecular formula is C30H28O4. The zero-order valence-corrected chi connectivity index (χ0v) is 18.9. The van der Waals surface area contributed by atoms with E-state index in [0.29, 0.717) is 13.2 Å². The Morgan fingerprint density at radius 1 is 0.559 bits per heavy atom. The minimum atomic E-state index is -0.181. The quantitative estimate of drug-likeness (QED) is 0.269. The van der Waals surface area contributed by atoms with Gasteiger partial charge in [-0.15, -0.1) is 0 Å². The molecule has 0 aromatic heterocycles. The third-order valence-electron chi connectivity index (χ3n) is 4.67. The van der Waals surface area contributed by atoms with E-state index in [9.17, 15) is 9.59 Å². The van der Waals surface area contributed by atoms with E-state index < -0.39 is 0 Å². The van der Waals surface area contributed by atoms with Crippen molar-refractivity contribution >= 4 is 23.7 Å². The number of ketones is 2. The molecular weight excluding hydrogens is 424 g/mol. The predicted molar refractivity (Wildman–Crippen MR) is 137 cm³/mol. The highest BCUT2D eigenvalue weighted by Gasteiger charge is 2.29. The second-order valence-corrected chi connectivity index (χ2v) is 7.48. The Hall–Kier alpha value is -3.86. The van der Waals surface area contributed by atoms with Crippen LogP contribution in [0.1, 0.15) is 11.1 Å². The first kappa shape index (κ1) is 24.8. The van der Waals surface area contributed by atoms with Crippen molar-refractivity contribution in [3.63, 3.8) is 0 Å². The number of hydrogen-bond acceptors (Lipinski definition) is 4. The van der Waals surface area contributed by atoms with Crippen LogP contribution in [0.4, 0.5) is 0 Å². The van der Waals surface area contributed by atoms with Crippen molar-refractivity contribution in [1.82, 2.24) is 0 Å². The lowest BCUT2D eigenvalue weighted by atomic mass is 10.2. The average molecular weight is 453 g/mol. The van der Waals surface area contributed by atoms with Crippen LogP contribution in [-0.2, 0) is 19.1 Å². The second kappa shape index (κ2) is 14.3. The SMILES string of the molecule is O=C(C=CC=CC=Cc1ccccc1)C1CO1.O=C(C=CC=CC=Cc1ccccc1)C1CO1. The highest BCUT2D eigenvalue weighted by Crippen LogP contribution is 2.11. The van der Waals surface area contributed by atoms with Gasteiger partial charge in [0.15, 0.2) is 11.6 Å². The minimum Gasteiger partial charge on any atom is -0.364 e. The fraction of sp³-hybridized carbons (Fsp3) is 0.133. The van der Waals surface area contributed by atoms with Gasteiger partial charge < -0.3 is 9.47 Å². The monoisotopic (exact) mass is 452 g/mol. The van der Waals surface area contributed by atoms with E-state index in [-0.39, 0.29) is 23.8 Å². The topological polar surface area (TPSA) is 59.2 Å². The number of hydrogen-bond donors (Lipinski definition) is 0. The summed E-state index contributed by atoms with van der Waals surface area (Å²) >= 11 is 0. The van der Waals surface area contributed by atoms with Crippen molar-refractivity contribution in [3.8, 4) is 0 Å². The summed E-state index contributed by atoms with van der Waals surface area (Å²) < 4.78 is 9.73. The Kier molecular flexibility index (Phi) is 10.4. The molecule has 34 heavy (non-hydrogen) atoms. The molecule has 2 aliphatic heterocycles. The lowest BCUT2D eigenvalue weighted by molar-refractivity contribution is -0.116. The molecule has 2 saturated heterocycles. The van der Waals surface area contributed by atoms with Gasteiger partial charge in [0.05, 0.1) is 13.2 Å². The van der Waals surface area contributed by atoms with Gasteiger partial charge in [-0.05, 0) is 23.3 Å². The Labute approximate surface area is 200 Å². The molecule has 2 aromatic carbocycles. The van der Waals surface area contributed by atoms with E-state index in [2.05, 4.69) is 0 Å². The molecule has 2 aliphatic rings. The summed E-state index contributed by atoms with van der Waals surface area (Å²) in [7, 11) is 0. The van der Waals surface area contributed by atoms with Crippen LogP contribution in [0, 0.1) is 0 Å². The van der Waals surface area contributed by atoms with E-state index in [4.69, 9.17) is 9.47 Å². The number of ether oxygens (including phenoxy) is 2. The lowest BCUT2D eigenvalue weighted by Crippen LogP contribution is -2.00. The molecule has 0 radical (unpaired) electrons. The van der Waals surface area contributed by atoms with Gasteiger partial charge in [0.1, 0.15) is 12.2 Å². The van der Waals surface area contributed by atoms with E-state index in [1.165, 1.54) is 0 Å². The zero-order chi connectivity index (χ0) is 23.8. The fourth-order valence-corrected chi connectivity index (χ4v) is 2.66. The summed E-state index contributed by atoms with van der Waals surface area (Å²) in [5.41, 5.74) is 2.31. The number of carbonyl (C=O) groups is 2. The van der Waals surface area contributed by atoms with Crippen LogP contribution < -0.4 is 0 Å². The Balaban J connectivity index is 0.000000191. The second-order valence-electron chi connectivity index (χ2n) is 7.48. The molecule has 0 spiro atoms. The van der Waals surface area contributed by atoms with Crippen molar-refractivity contribution in [2.24, 2.45) is 0 Å². The molecule has 2 unspecified atom stereocenters. The van der Waals surface area contributed by atoms with Crippen molar-refractivity contribution in [3.05, 3.63) is 133 Å². The number of epoxide rings is 2. The van der Waals surface area contributed by atoms with E-state index >= 15 is 0 Å². The van der Waals surface area contributed by atoms with Crippen LogP contribution >= 0.6 is 0 Å². The average Bonchev–Trinajstić information content (AvgIpc) is 3.78. The number of rotatable bonds is 10. The summed E-state index contributed by atoms with van der Waals surface area (Å²) in [6, 6.07) is 20.1. The van der Waals surface area contributed by atoms with Crippen molar-refractivity contribution < 1.29 is 19.1 Å². The van der Waals surface area contributed by atoms with Gasteiger partial charge in [-0.3, -0.25) is 9.59 Å². The summed E-state index contributed by atoms with van der Waals surface area (Å²) in [6.45, 7) is 1.14. The molecule has 0 bridgehead atoms. The van der Waals surface area contributed by atoms with Crippen molar-refractivity contribution in [2.45, 2.75) is 12.2 Å². The molecule has 172 valence electrons. The first-order chi connectivity index (χ1) is 16.7. The first-order valence-corrected chi connectivity index (χ1v) is 11.2. The van der Waals surface area contributed by atoms with Crippen LogP contribution in [0.15, 0.2) is 121 Å². The largest absolute Gasteiger partial charge is 0.364 e. The minimum absolute atomic E-state index is 0.0432. The normalized spacial score (nSPS) is 19.4. The predicted octanol–water partition coefficient (Wildman–Crippen LogP) is 5.56.